The molecule has 11 heteroatoms. The summed E-state index contributed by atoms with van der Waals surface area (Å²) >= 11 is 12.1. The van der Waals surface area contributed by atoms with E-state index in [-0.39, 0.29) is 23.3 Å². The maximum atomic E-state index is 12.5. The SMILES string of the molecule is CN(C)CC(NC(=O)NCC1=NS(=O)(=O)c2ccccc2N1)c1ccc(Cl)c(Cl)c1. The average molecular weight is 470 g/mol. The van der Waals surface area contributed by atoms with Crippen molar-refractivity contribution in [1.82, 2.24) is 15.5 Å². The first-order chi connectivity index (χ1) is 14.2. The van der Waals surface area contributed by atoms with E-state index in [0.29, 0.717) is 22.3 Å². The summed E-state index contributed by atoms with van der Waals surface area (Å²) in [7, 11) is -0.0459. The minimum Gasteiger partial charge on any atom is -0.340 e. The van der Waals surface area contributed by atoms with Crippen LogP contribution in [-0.2, 0) is 10.0 Å². The highest BCUT2D eigenvalue weighted by atomic mass is 35.5. The van der Waals surface area contributed by atoms with Crippen LogP contribution in [0.4, 0.5) is 10.5 Å². The van der Waals surface area contributed by atoms with E-state index in [0.717, 1.165) is 5.56 Å². The smallest absolute Gasteiger partial charge is 0.315 e. The zero-order valence-electron chi connectivity index (χ0n) is 16.3. The van der Waals surface area contributed by atoms with Crippen molar-refractivity contribution in [3.05, 3.63) is 58.1 Å². The Kier molecular flexibility index (Phi) is 6.87. The molecule has 1 heterocycles. The Hall–Kier alpha value is -2.33. The number of amides is 2. The van der Waals surface area contributed by atoms with E-state index < -0.39 is 16.1 Å². The van der Waals surface area contributed by atoms with Gasteiger partial charge in [-0.05, 0) is 43.9 Å². The molecule has 1 aliphatic rings. The number of fused-ring (bicyclic) bond motifs is 1. The maximum absolute atomic E-state index is 12.5. The molecule has 0 bridgehead atoms. The number of nitrogens with zero attached hydrogens (tertiary/aromatic N) is 2. The number of anilines is 1. The summed E-state index contributed by atoms with van der Waals surface area (Å²) in [5.74, 6) is 0.127. The van der Waals surface area contributed by atoms with Gasteiger partial charge in [0, 0.05) is 6.54 Å². The van der Waals surface area contributed by atoms with Crippen molar-refractivity contribution in [3.63, 3.8) is 0 Å². The normalized spacial score (nSPS) is 15.6. The van der Waals surface area contributed by atoms with E-state index in [1.54, 1.807) is 36.4 Å². The van der Waals surface area contributed by atoms with E-state index in [1.807, 2.05) is 19.0 Å². The van der Waals surface area contributed by atoms with Crippen molar-refractivity contribution in [3.8, 4) is 0 Å². The van der Waals surface area contributed by atoms with E-state index in [9.17, 15) is 13.2 Å². The molecule has 1 aliphatic heterocycles. The molecule has 2 aromatic carbocycles. The minimum absolute atomic E-state index is 0.0878. The summed E-state index contributed by atoms with van der Waals surface area (Å²) < 4.78 is 28.3. The lowest BCUT2D eigenvalue weighted by Gasteiger charge is -2.24. The van der Waals surface area contributed by atoms with Crippen molar-refractivity contribution in [1.29, 1.82) is 0 Å². The number of benzene rings is 2. The Morgan fingerprint density at radius 2 is 1.90 bits per heavy atom. The third-order valence-electron chi connectivity index (χ3n) is 4.29. The molecule has 0 aromatic heterocycles. The maximum Gasteiger partial charge on any atom is 0.315 e. The molecule has 2 aromatic rings. The van der Waals surface area contributed by atoms with Crippen LogP contribution in [0.1, 0.15) is 11.6 Å². The van der Waals surface area contributed by atoms with Crippen molar-refractivity contribution >= 4 is 50.8 Å². The fraction of sp³-hybridized carbons (Fsp3) is 0.263. The lowest BCUT2D eigenvalue weighted by molar-refractivity contribution is 0.234. The largest absolute Gasteiger partial charge is 0.340 e. The number of nitrogens with one attached hydrogen (secondary N) is 3. The number of para-hydroxylation sites is 1. The predicted molar refractivity (Wildman–Crippen MR) is 119 cm³/mol. The van der Waals surface area contributed by atoms with Crippen LogP contribution in [0.15, 0.2) is 51.8 Å². The molecular formula is C19H21Cl2N5O3S. The average Bonchev–Trinajstić information content (AvgIpc) is 2.67. The first-order valence-corrected chi connectivity index (χ1v) is 11.2. The van der Waals surface area contributed by atoms with Gasteiger partial charge in [0.2, 0.25) is 0 Å². The van der Waals surface area contributed by atoms with Gasteiger partial charge >= 0.3 is 6.03 Å². The molecule has 0 spiro atoms. The third-order valence-corrected chi connectivity index (χ3v) is 6.40. The first-order valence-electron chi connectivity index (χ1n) is 8.99. The Morgan fingerprint density at radius 1 is 1.17 bits per heavy atom. The van der Waals surface area contributed by atoms with Crippen LogP contribution in [0.3, 0.4) is 0 Å². The highest BCUT2D eigenvalue weighted by Gasteiger charge is 2.24. The van der Waals surface area contributed by atoms with E-state index >= 15 is 0 Å². The van der Waals surface area contributed by atoms with Gasteiger partial charge in [0.1, 0.15) is 10.7 Å². The summed E-state index contributed by atoms with van der Waals surface area (Å²) in [6.07, 6.45) is 0. The monoisotopic (exact) mass is 469 g/mol. The molecule has 8 nitrogen and oxygen atoms in total. The van der Waals surface area contributed by atoms with Crippen LogP contribution in [0.25, 0.3) is 0 Å². The minimum atomic E-state index is -3.81. The molecule has 3 N–H and O–H groups in total. The van der Waals surface area contributed by atoms with Gasteiger partial charge in [-0.1, -0.05) is 41.4 Å². The number of sulfonamides is 1. The molecule has 3 rings (SSSR count). The Balaban J connectivity index is 1.67. The summed E-state index contributed by atoms with van der Waals surface area (Å²) in [5, 5.41) is 9.25. The number of hydrogen-bond acceptors (Lipinski definition) is 5. The first kappa shape index (κ1) is 22.4. The molecule has 160 valence electrons. The van der Waals surface area contributed by atoms with Gasteiger partial charge in [0.15, 0.2) is 0 Å². The summed E-state index contributed by atoms with van der Waals surface area (Å²) in [4.78, 5) is 14.5. The van der Waals surface area contributed by atoms with Crippen LogP contribution in [0, 0.1) is 0 Å². The molecule has 1 atom stereocenters. The summed E-state index contributed by atoms with van der Waals surface area (Å²) in [5.41, 5.74) is 1.21. The Bertz CT molecular complexity index is 1090. The highest BCUT2D eigenvalue weighted by molar-refractivity contribution is 7.90. The lowest BCUT2D eigenvalue weighted by atomic mass is 10.1. The van der Waals surface area contributed by atoms with Crippen molar-refractivity contribution < 1.29 is 13.2 Å². The van der Waals surface area contributed by atoms with Crippen LogP contribution < -0.4 is 16.0 Å². The number of rotatable bonds is 6. The van der Waals surface area contributed by atoms with Gasteiger partial charge in [-0.25, -0.2) is 4.79 Å². The Morgan fingerprint density at radius 3 is 2.60 bits per heavy atom. The quantitative estimate of drug-likeness (QED) is 0.602. The van der Waals surface area contributed by atoms with Gasteiger partial charge in [0.05, 0.1) is 28.3 Å². The van der Waals surface area contributed by atoms with Gasteiger partial charge in [-0.15, -0.1) is 4.40 Å². The van der Waals surface area contributed by atoms with Crippen molar-refractivity contribution in [2.24, 2.45) is 4.40 Å². The fourth-order valence-electron chi connectivity index (χ4n) is 2.95. The zero-order chi connectivity index (χ0) is 21.9. The van der Waals surface area contributed by atoms with E-state index in [4.69, 9.17) is 23.2 Å². The standard InChI is InChI=1S/C19H21Cl2N5O3S/c1-26(2)11-16(12-7-8-13(20)14(21)9-12)24-19(27)22-10-18-23-15-5-3-4-6-17(15)30(28,29)25-18/h3-9,16H,10-11H2,1-2H3,(H,23,25)(H2,22,24,27). The predicted octanol–water partition coefficient (Wildman–Crippen LogP) is 3.11. The second-order valence-corrected chi connectivity index (χ2v) is 9.34. The third kappa shape index (κ3) is 5.42. The molecule has 1 unspecified atom stereocenters. The van der Waals surface area contributed by atoms with Crippen molar-refractivity contribution in [2.45, 2.75) is 10.9 Å². The van der Waals surface area contributed by atoms with Gasteiger partial charge in [-0.3, -0.25) is 0 Å². The van der Waals surface area contributed by atoms with E-state index in [2.05, 4.69) is 20.3 Å². The van der Waals surface area contributed by atoms with Crippen molar-refractivity contribution in [2.75, 3.05) is 32.5 Å². The van der Waals surface area contributed by atoms with Gasteiger partial charge in [0.25, 0.3) is 10.0 Å². The van der Waals surface area contributed by atoms with Crippen LogP contribution in [-0.4, -0.2) is 52.4 Å². The molecule has 30 heavy (non-hydrogen) atoms. The van der Waals surface area contributed by atoms with Crippen LogP contribution >= 0.6 is 23.2 Å². The fourth-order valence-corrected chi connectivity index (χ4v) is 4.40. The highest BCUT2D eigenvalue weighted by Crippen LogP contribution is 2.27. The molecule has 0 fully saturated rings. The molecule has 0 saturated carbocycles. The zero-order valence-corrected chi connectivity index (χ0v) is 18.6. The van der Waals surface area contributed by atoms with Crippen LogP contribution in [0.5, 0.6) is 0 Å². The number of likely N-dealkylation sites (N-methyl/N-ethyl adjacent to an activating group) is 1. The number of hydrogen-bond donors (Lipinski definition) is 3. The molecule has 0 radical (unpaired) electrons. The number of carbonyl (C=O) groups is 1. The van der Waals surface area contributed by atoms with Gasteiger partial charge in [-0.2, -0.15) is 8.42 Å². The number of carbonyl (C=O) groups excluding carboxylic acids is 1. The topological polar surface area (TPSA) is 103 Å². The summed E-state index contributed by atoms with van der Waals surface area (Å²) in [6, 6.07) is 10.8. The van der Waals surface area contributed by atoms with E-state index in [1.165, 1.54) is 6.07 Å². The van der Waals surface area contributed by atoms with Crippen LogP contribution in [0.2, 0.25) is 10.0 Å². The number of halogens is 2. The lowest BCUT2D eigenvalue weighted by Crippen LogP contribution is -2.44. The number of amidine groups is 1. The molecule has 0 aliphatic carbocycles. The number of urea groups is 1. The molecule has 0 saturated heterocycles. The van der Waals surface area contributed by atoms with Gasteiger partial charge < -0.3 is 20.9 Å². The molecular weight excluding hydrogens is 449 g/mol. The Labute approximate surface area is 185 Å². The second kappa shape index (κ2) is 9.22. The summed E-state index contributed by atoms with van der Waals surface area (Å²) in [6.45, 7) is 0.432. The molecule has 2 amide bonds. The second-order valence-electron chi connectivity index (χ2n) is 6.95.